The molecule has 1 heterocycles. The number of hydrogen-bond donors (Lipinski definition) is 1. The SMILES string of the molecule is COc1ccc(C(=O)c2cccc3ccc(N)nc23)cc1. The number of fused-ring (bicyclic) bond motifs is 1. The van der Waals surface area contributed by atoms with E-state index in [-0.39, 0.29) is 5.78 Å². The molecule has 0 saturated heterocycles. The Hall–Kier alpha value is -2.88. The van der Waals surface area contributed by atoms with Crippen LogP contribution in [0.2, 0.25) is 0 Å². The molecule has 0 aliphatic heterocycles. The van der Waals surface area contributed by atoms with Gasteiger partial charge in [-0.1, -0.05) is 12.1 Å². The van der Waals surface area contributed by atoms with Crippen LogP contribution in [0.15, 0.2) is 54.6 Å². The van der Waals surface area contributed by atoms with Crippen LogP contribution in [0.4, 0.5) is 5.82 Å². The van der Waals surface area contributed by atoms with E-state index in [4.69, 9.17) is 10.5 Å². The number of methoxy groups -OCH3 is 1. The number of nitrogens with two attached hydrogens (primary N) is 1. The number of aromatic nitrogens is 1. The van der Waals surface area contributed by atoms with Crippen LogP contribution in [0, 0.1) is 0 Å². The lowest BCUT2D eigenvalue weighted by molar-refractivity contribution is 0.104. The summed E-state index contributed by atoms with van der Waals surface area (Å²) < 4.78 is 5.10. The highest BCUT2D eigenvalue weighted by Crippen LogP contribution is 2.22. The van der Waals surface area contributed by atoms with Gasteiger partial charge in [-0.25, -0.2) is 4.98 Å². The number of para-hydroxylation sites is 1. The minimum absolute atomic E-state index is 0.0821. The molecule has 0 radical (unpaired) electrons. The molecule has 0 spiro atoms. The minimum Gasteiger partial charge on any atom is -0.497 e. The quantitative estimate of drug-likeness (QED) is 0.748. The van der Waals surface area contributed by atoms with Gasteiger partial charge in [0.05, 0.1) is 12.6 Å². The summed E-state index contributed by atoms with van der Waals surface area (Å²) in [7, 11) is 1.59. The maximum atomic E-state index is 12.6. The van der Waals surface area contributed by atoms with Crippen molar-refractivity contribution in [3.8, 4) is 5.75 Å². The molecule has 0 amide bonds. The minimum atomic E-state index is -0.0821. The highest BCUT2D eigenvalue weighted by atomic mass is 16.5. The van der Waals surface area contributed by atoms with Crippen molar-refractivity contribution in [2.45, 2.75) is 0 Å². The topological polar surface area (TPSA) is 65.2 Å². The number of benzene rings is 2. The van der Waals surface area contributed by atoms with Crippen molar-refractivity contribution >= 4 is 22.5 Å². The monoisotopic (exact) mass is 278 g/mol. The maximum absolute atomic E-state index is 12.6. The number of carbonyl (C=O) groups is 1. The molecule has 0 atom stereocenters. The molecule has 0 aliphatic rings. The third-order valence-electron chi connectivity index (χ3n) is 3.34. The van der Waals surface area contributed by atoms with E-state index >= 15 is 0 Å². The van der Waals surface area contributed by atoms with Gasteiger partial charge in [0.15, 0.2) is 5.78 Å². The van der Waals surface area contributed by atoms with Crippen LogP contribution in [0.25, 0.3) is 10.9 Å². The zero-order valence-corrected chi connectivity index (χ0v) is 11.5. The zero-order chi connectivity index (χ0) is 14.8. The lowest BCUT2D eigenvalue weighted by atomic mass is 10.0. The van der Waals surface area contributed by atoms with Crippen molar-refractivity contribution in [1.82, 2.24) is 4.98 Å². The first-order chi connectivity index (χ1) is 10.2. The fraction of sp³-hybridized carbons (Fsp3) is 0.0588. The fourth-order valence-corrected chi connectivity index (χ4v) is 2.24. The molecule has 4 heteroatoms. The molecule has 21 heavy (non-hydrogen) atoms. The van der Waals surface area contributed by atoms with Crippen molar-refractivity contribution in [3.05, 3.63) is 65.7 Å². The molecule has 0 bridgehead atoms. The number of hydrogen-bond acceptors (Lipinski definition) is 4. The molecule has 2 N–H and O–H groups in total. The third-order valence-corrected chi connectivity index (χ3v) is 3.34. The van der Waals surface area contributed by atoms with Crippen LogP contribution in [-0.2, 0) is 0 Å². The Morgan fingerprint density at radius 2 is 1.81 bits per heavy atom. The van der Waals surface area contributed by atoms with Gasteiger partial charge in [-0.05, 0) is 42.5 Å². The molecular weight excluding hydrogens is 264 g/mol. The van der Waals surface area contributed by atoms with Crippen LogP contribution in [0.3, 0.4) is 0 Å². The largest absolute Gasteiger partial charge is 0.497 e. The molecule has 104 valence electrons. The summed E-state index contributed by atoms with van der Waals surface area (Å²) >= 11 is 0. The standard InChI is InChI=1S/C17H14N2O2/c1-21-13-8-5-12(6-9-13)17(20)14-4-2-3-11-7-10-15(18)19-16(11)14/h2-10H,1H3,(H2,18,19). The number of nitrogen functional groups attached to an aromatic ring is 1. The number of pyridine rings is 1. The second-order valence-electron chi connectivity index (χ2n) is 4.67. The Morgan fingerprint density at radius 1 is 1.05 bits per heavy atom. The fourth-order valence-electron chi connectivity index (χ4n) is 2.24. The van der Waals surface area contributed by atoms with Crippen molar-refractivity contribution < 1.29 is 9.53 Å². The second kappa shape index (κ2) is 5.25. The van der Waals surface area contributed by atoms with Crippen molar-refractivity contribution in [2.75, 3.05) is 12.8 Å². The van der Waals surface area contributed by atoms with E-state index in [2.05, 4.69) is 4.98 Å². The molecule has 2 aromatic carbocycles. The number of rotatable bonds is 3. The molecule has 0 unspecified atom stereocenters. The van der Waals surface area contributed by atoms with Crippen molar-refractivity contribution in [2.24, 2.45) is 0 Å². The summed E-state index contributed by atoms with van der Waals surface area (Å²) in [4.78, 5) is 16.9. The zero-order valence-electron chi connectivity index (χ0n) is 11.5. The van der Waals surface area contributed by atoms with Crippen molar-refractivity contribution in [1.29, 1.82) is 0 Å². The summed E-state index contributed by atoms with van der Waals surface area (Å²) in [5, 5.41) is 0.892. The first-order valence-electron chi connectivity index (χ1n) is 6.53. The lowest BCUT2D eigenvalue weighted by Gasteiger charge is -2.07. The molecule has 3 aromatic rings. The predicted molar refractivity (Wildman–Crippen MR) is 82.6 cm³/mol. The Labute approximate surface area is 122 Å². The van der Waals surface area contributed by atoms with Gasteiger partial charge in [-0.2, -0.15) is 0 Å². The first-order valence-corrected chi connectivity index (χ1v) is 6.53. The summed E-state index contributed by atoms with van der Waals surface area (Å²) in [5.74, 6) is 1.03. The van der Waals surface area contributed by atoms with E-state index in [1.807, 2.05) is 18.2 Å². The lowest BCUT2D eigenvalue weighted by Crippen LogP contribution is -2.04. The smallest absolute Gasteiger partial charge is 0.195 e. The predicted octanol–water partition coefficient (Wildman–Crippen LogP) is 3.06. The Bertz CT molecular complexity index is 811. The van der Waals surface area contributed by atoms with E-state index in [1.54, 1.807) is 43.5 Å². The number of ether oxygens (including phenoxy) is 1. The maximum Gasteiger partial charge on any atom is 0.195 e. The van der Waals surface area contributed by atoms with E-state index in [1.165, 1.54) is 0 Å². The Balaban J connectivity index is 2.10. The molecule has 4 nitrogen and oxygen atoms in total. The third kappa shape index (κ3) is 2.43. The summed E-state index contributed by atoms with van der Waals surface area (Å²) in [6.45, 7) is 0. The molecular formula is C17H14N2O2. The van der Waals surface area contributed by atoms with Gasteiger partial charge in [0.2, 0.25) is 0 Å². The summed E-state index contributed by atoms with van der Waals surface area (Å²) in [6, 6.07) is 16.1. The Kier molecular flexibility index (Phi) is 3.28. The van der Waals surface area contributed by atoms with E-state index < -0.39 is 0 Å². The highest BCUT2D eigenvalue weighted by molar-refractivity contribution is 6.15. The van der Waals surface area contributed by atoms with Crippen LogP contribution in [0.1, 0.15) is 15.9 Å². The molecule has 0 saturated carbocycles. The van der Waals surface area contributed by atoms with Crippen LogP contribution < -0.4 is 10.5 Å². The second-order valence-corrected chi connectivity index (χ2v) is 4.67. The van der Waals surface area contributed by atoms with Gasteiger partial charge in [-0.15, -0.1) is 0 Å². The summed E-state index contributed by atoms with van der Waals surface area (Å²) in [6.07, 6.45) is 0. The van der Waals surface area contributed by atoms with Gasteiger partial charge < -0.3 is 10.5 Å². The van der Waals surface area contributed by atoms with E-state index in [0.29, 0.717) is 28.2 Å². The first kappa shape index (κ1) is 13.1. The normalized spacial score (nSPS) is 10.5. The molecule has 3 rings (SSSR count). The number of nitrogens with zero attached hydrogens (tertiary/aromatic N) is 1. The number of ketones is 1. The van der Waals surface area contributed by atoms with E-state index in [9.17, 15) is 4.79 Å². The molecule has 1 aromatic heterocycles. The van der Waals surface area contributed by atoms with Crippen LogP contribution in [0.5, 0.6) is 5.75 Å². The van der Waals surface area contributed by atoms with Gasteiger partial charge in [-0.3, -0.25) is 4.79 Å². The van der Waals surface area contributed by atoms with Gasteiger partial charge in [0, 0.05) is 16.5 Å². The van der Waals surface area contributed by atoms with E-state index in [0.717, 1.165) is 5.39 Å². The number of anilines is 1. The van der Waals surface area contributed by atoms with Crippen molar-refractivity contribution in [3.63, 3.8) is 0 Å². The highest BCUT2D eigenvalue weighted by Gasteiger charge is 2.13. The molecule has 0 aliphatic carbocycles. The van der Waals surface area contributed by atoms with Crippen LogP contribution >= 0.6 is 0 Å². The number of carbonyl (C=O) groups excluding carboxylic acids is 1. The van der Waals surface area contributed by atoms with Gasteiger partial charge in [0.25, 0.3) is 0 Å². The average Bonchev–Trinajstić information content (AvgIpc) is 2.53. The summed E-state index contributed by atoms with van der Waals surface area (Å²) in [5.41, 5.74) is 7.49. The Morgan fingerprint density at radius 3 is 2.52 bits per heavy atom. The van der Waals surface area contributed by atoms with Crippen LogP contribution in [-0.4, -0.2) is 17.9 Å². The average molecular weight is 278 g/mol. The van der Waals surface area contributed by atoms with Gasteiger partial charge in [0.1, 0.15) is 11.6 Å². The van der Waals surface area contributed by atoms with Gasteiger partial charge >= 0.3 is 0 Å². The molecule has 0 fully saturated rings.